The molecule has 4 heteroatoms. The van der Waals surface area contributed by atoms with Crippen LogP contribution in [0, 0.1) is 28.4 Å². The molecule has 18 heavy (non-hydrogen) atoms. The molecule has 0 amide bonds. The van der Waals surface area contributed by atoms with Gasteiger partial charge in [-0.3, -0.25) is 0 Å². The maximum atomic E-state index is 12.8. The van der Waals surface area contributed by atoms with E-state index in [1.807, 2.05) is 13.8 Å². The topological polar surface area (TPSA) is 33.0 Å². The molecule has 0 fully saturated rings. The third-order valence-corrected chi connectivity index (χ3v) is 2.60. The molecule has 1 aromatic rings. The van der Waals surface area contributed by atoms with Crippen molar-refractivity contribution >= 4 is 0 Å². The molecule has 0 radical (unpaired) electrons. The van der Waals surface area contributed by atoms with Crippen LogP contribution in [-0.4, -0.2) is 6.61 Å². The number of benzene rings is 1. The Kier molecular flexibility index (Phi) is 5.08. The summed E-state index contributed by atoms with van der Waals surface area (Å²) < 4.78 is 31.0. The lowest BCUT2D eigenvalue weighted by atomic mass is 9.89. The van der Waals surface area contributed by atoms with E-state index < -0.39 is 11.6 Å². The Labute approximate surface area is 106 Å². The van der Waals surface area contributed by atoms with Crippen LogP contribution in [0.2, 0.25) is 0 Å². The van der Waals surface area contributed by atoms with Crippen LogP contribution < -0.4 is 4.74 Å². The third-order valence-electron chi connectivity index (χ3n) is 2.60. The number of ether oxygens (including phenoxy) is 1. The Hall–Kier alpha value is -1.63. The lowest BCUT2D eigenvalue weighted by molar-refractivity contribution is 0.292. The molecule has 0 aromatic heterocycles. The molecule has 0 N–H and O–H groups in total. The zero-order valence-corrected chi connectivity index (χ0v) is 10.7. The van der Waals surface area contributed by atoms with Crippen LogP contribution in [0.1, 0.15) is 33.1 Å². The Morgan fingerprint density at radius 2 is 1.78 bits per heavy atom. The highest BCUT2D eigenvalue weighted by atomic mass is 19.1. The van der Waals surface area contributed by atoms with Gasteiger partial charge in [-0.2, -0.15) is 5.26 Å². The summed E-state index contributed by atoms with van der Waals surface area (Å²) in [5, 5.41) is 8.83. The van der Waals surface area contributed by atoms with E-state index in [9.17, 15) is 8.78 Å². The summed E-state index contributed by atoms with van der Waals surface area (Å²) in [5.41, 5.74) is -0.328. The van der Waals surface area contributed by atoms with Crippen LogP contribution in [0.4, 0.5) is 8.78 Å². The van der Waals surface area contributed by atoms with Crippen molar-refractivity contribution in [3.63, 3.8) is 0 Å². The summed E-state index contributed by atoms with van der Waals surface area (Å²) in [7, 11) is 0. The van der Waals surface area contributed by atoms with Crippen LogP contribution in [0.5, 0.6) is 5.75 Å². The van der Waals surface area contributed by atoms with Gasteiger partial charge < -0.3 is 4.74 Å². The van der Waals surface area contributed by atoms with Crippen LogP contribution in [-0.2, 0) is 0 Å². The van der Waals surface area contributed by atoms with Gasteiger partial charge in [0, 0.05) is 18.2 Å². The van der Waals surface area contributed by atoms with E-state index in [-0.39, 0.29) is 11.2 Å². The van der Waals surface area contributed by atoms with Gasteiger partial charge in [-0.25, -0.2) is 8.78 Å². The molecule has 1 rings (SSSR count). The van der Waals surface area contributed by atoms with Crippen molar-refractivity contribution in [2.75, 3.05) is 6.61 Å². The van der Waals surface area contributed by atoms with Gasteiger partial charge in [-0.15, -0.1) is 0 Å². The lowest BCUT2D eigenvalue weighted by Crippen LogP contribution is -2.08. The highest BCUT2D eigenvalue weighted by Gasteiger charge is 2.15. The molecule has 98 valence electrons. The van der Waals surface area contributed by atoms with Gasteiger partial charge in [0.1, 0.15) is 17.4 Å². The largest absolute Gasteiger partial charge is 0.493 e. The Balaban J connectivity index is 2.28. The van der Waals surface area contributed by atoms with Gasteiger partial charge in [0.2, 0.25) is 0 Å². The van der Waals surface area contributed by atoms with E-state index >= 15 is 0 Å². The highest BCUT2D eigenvalue weighted by molar-refractivity contribution is 5.23. The summed E-state index contributed by atoms with van der Waals surface area (Å²) in [6.45, 7) is 4.16. The monoisotopic (exact) mass is 253 g/mol. The van der Waals surface area contributed by atoms with Crippen LogP contribution in [0.15, 0.2) is 18.2 Å². The van der Waals surface area contributed by atoms with Crippen molar-refractivity contribution in [3.8, 4) is 11.8 Å². The number of nitrogens with zero attached hydrogens (tertiary/aromatic N) is 1. The predicted molar refractivity (Wildman–Crippen MR) is 65.1 cm³/mol. The molecular formula is C14H17F2NO. The number of nitriles is 1. The smallest absolute Gasteiger partial charge is 0.129 e. The first-order valence-electron chi connectivity index (χ1n) is 5.93. The second-order valence-corrected chi connectivity index (χ2v) is 4.91. The summed E-state index contributed by atoms with van der Waals surface area (Å²) >= 11 is 0. The van der Waals surface area contributed by atoms with Gasteiger partial charge >= 0.3 is 0 Å². The highest BCUT2D eigenvalue weighted by Crippen LogP contribution is 2.22. The lowest BCUT2D eigenvalue weighted by Gasteiger charge is -2.14. The summed E-state index contributed by atoms with van der Waals surface area (Å²) in [6, 6.07) is 5.34. The molecular weight excluding hydrogens is 236 g/mol. The first-order valence-corrected chi connectivity index (χ1v) is 5.93. The minimum atomic E-state index is -0.643. The van der Waals surface area contributed by atoms with E-state index in [4.69, 9.17) is 10.00 Å². The molecule has 0 spiro atoms. The van der Waals surface area contributed by atoms with E-state index in [2.05, 4.69) is 6.07 Å². The van der Waals surface area contributed by atoms with Crippen molar-refractivity contribution in [3.05, 3.63) is 29.8 Å². The summed E-state index contributed by atoms with van der Waals surface area (Å²) in [5.74, 6) is -1.08. The Morgan fingerprint density at radius 3 is 2.33 bits per heavy atom. The van der Waals surface area contributed by atoms with Crippen molar-refractivity contribution < 1.29 is 13.5 Å². The van der Waals surface area contributed by atoms with Gasteiger partial charge in [-0.05, 0) is 33.1 Å². The minimum Gasteiger partial charge on any atom is -0.493 e. The Bertz CT molecular complexity index is 418. The van der Waals surface area contributed by atoms with Gasteiger partial charge in [-0.1, -0.05) is 0 Å². The average Bonchev–Trinajstić information content (AvgIpc) is 2.27. The molecule has 0 bridgehead atoms. The Morgan fingerprint density at radius 1 is 1.17 bits per heavy atom. The molecule has 0 aliphatic rings. The van der Waals surface area contributed by atoms with Crippen LogP contribution in [0.25, 0.3) is 0 Å². The maximum Gasteiger partial charge on any atom is 0.129 e. The molecule has 0 unspecified atom stereocenters. The second kappa shape index (κ2) is 6.34. The summed E-state index contributed by atoms with van der Waals surface area (Å²) in [6.07, 6.45) is 2.38. The minimum absolute atomic E-state index is 0.201. The first-order chi connectivity index (χ1) is 8.43. The fourth-order valence-corrected chi connectivity index (χ4v) is 1.53. The van der Waals surface area contributed by atoms with Gasteiger partial charge in [0.25, 0.3) is 0 Å². The first kappa shape index (κ1) is 14.4. The van der Waals surface area contributed by atoms with Crippen molar-refractivity contribution in [2.45, 2.75) is 33.1 Å². The van der Waals surface area contributed by atoms with Crippen molar-refractivity contribution in [1.29, 1.82) is 5.26 Å². The van der Waals surface area contributed by atoms with E-state index in [0.29, 0.717) is 6.61 Å². The van der Waals surface area contributed by atoms with Gasteiger partial charge in [0.05, 0.1) is 18.1 Å². The number of hydrogen-bond donors (Lipinski definition) is 0. The van der Waals surface area contributed by atoms with Crippen LogP contribution >= 0.6 is 0 Å². The summed E-state index contributed by atoms with van der Waals surface area (Å²) in [4.78, 5) is 0. The molecule has 0 saturated heterocycles. The quantitative estimate of drug-likeness (QED) is 0.716. The van der Waals surface area contributed by atoms with E-state index in [1.165, 1.54) is 0 Å². The zero-order valence-electron chi connectivity index (χ0n) is 10.7. The zero-order chi connectivity index (χ0) is 13.6. The second-order valence-electron chi connectivity index (χ2n) is 4.91. The third kappa shape index (κ3) is 5.13. The van der Waals surface area contributed by atoms with E-state index in [0.717, 1.165) is 37.5 Å². The molecule has 0 atom stereocenters. The molecule has 1 aromatic carbocycles. The van der Waals surface area contributed by atoms with E-state index in [1.54, 1.807) is 0 Å². The predicted octanol–water partition coefficient (Wildman–Crippen LogP) is 4.06. The fourth-order valence-electron chi connectivity index (χ4n) is 1.53. The molecule has 2 nitrogen and oxygen atoms in total. The van der Waals surface area contributed by atoms with Crippen molar-refractivity contribution in [1.82, 2.24) is 0 Å². The SMILES string of the molecule is CC(C)(C#N)CCCCOc1cc(F)cc(F)c1. The number of halogens is 2. The maximum absolute atomic E-state index is 12.8. The normalized spacial score (nSPS) is 11.1. The van der Waals surface area contributed by atoms with Gasteiger partial charge in [0.15, 0.2) is 0 Å². The molecule has 0 heterocycles. The average molecular weight is 253 g/mol. The molecule has 0 aliphatic heterocycles. The van der Waals surface area contributed by atoms with Crippen molar-refractivity contribution in [2.24, 2.45) is 5.41 Å². The number of hydrogen-bond acceptors (Lipinski definition) is 2. The molecule has 0 aliphatic carbocycles. The number of rotatable bonds is 6. The fraction of sp³-hybridized carbons (Fsp3) is 0.500. The van der Waals surface area contributed by atoms with Crippen LogP contribution in [0.3, 0.4) is 0 Å². The molecule has 0 saturated carbocycles. The number of unbranched alkanes of at least 4 members (excludes halogenated alkanes) is 1. The standard InChI is InChI=1S/C14H17F2NO/c1-14(2,10-17)5-3-4-6-18-13-8-11(15)7-12(16)9-13/h7-9H,3-6H2,1-2H3.